The molecule has 46 valence electrons. The minimum absolute atomic E-state index is 1.13. The third kappa shape index (κ3) is 2.12. The molecule has 0 atom stereocenters. The van der Waals surface area contributed by atoms with Crippen LogP contribution < -0.4 is 5.32 Å². The summed E-state index contributed by atoms with van der Waals surface area (Å²) >= 11 is 0. The van der Waals surface area contributed by atoms with Gasteiger partial charge < -0.3 is 5.32 Å². The SMILES string of the molecule is CNCCC=C1CC1. The Morgan fingerprint density at radius 2 is 2.38 bits per heavy atom. The second-order valence-corrected chi connectivity index (χ2v) is 2.25. The molecular formula is C7H13N. The maximum atomic E-state index is 3.11. The zero-order valence-corrected chi connectivity index (χ0v) is 5.41. The summed E-state index contributed by atoms with van der Waals surface area (Å²) in [5, 5.41) is 3.11. The van der Waals surface area contributed by atoms with Gasteiger partial charge in [-0.3, -0.25) is 0 Å². The zero-order chi connectivity index (χ0) is 5.82. The summed E-state index contributed by atoms with van der Waals surface area (Å²) in [6.45, 7) is 1.13. The topological polar surface area (TPSA) is 12.0 Å². The van der Waals surface area contributed by atoms with E-state index >= 15 is 0 Å². The van der Waals surface area contributed by atoms with E-state index in [2.05, 4.69) is 11.4 Å². The van der Waals surface area contributed by atoms with E-state index in [9.17, 15) is 0 Å². The molecule has 0 heterocycles. The molecule has 0 saturated heterocycles. The van der Waals surface area contributed by atoms with E-state index in [-0.39, 0.29) is 0 Å². The molecule has 8 heavy (non-hydrogen) atoms. The van der Waals surface area contributed by atoms with Crippen LogP contribution in [0.25, 0.3) is 0 Å². The number of nitrogens with one attached hydrogen (secondary N) is 1. The number of rotatable bonds is 3. The van der Waals surface area contributed by atoms with Gasteiger partial charge in [0.25, 0.3) is 0 Å². The molecule has 0 spiro atoms. The fourth-order valence-electron chi connectivity index (χ4n) is 0.697. The van der Waals surface area contributed by atoms with Crippen LogP contribution in [-0.4, -0.2) is 13.6 Å². The van der Waals surface area contributed by atoms with Crippen LogP contribution in [0.2, 0.25) is 0 Å². The Bertz CT molecular complexity index is 88.6. The van der Waals surface area contributed by atoms with Crippen molar-refractivity contribution in [2.45, 2.75) is 19.3 Å². The molecule has 0 radical (unpaired) electrons. The van der Waals surface area contributed by atoms with Crippen molar-refractivity contribution >= 4 is 0 Å². The van der Waals surface area contributed by atoms with Crippen LogP contribution in [0.4, 0.5) is 0 Å². The molecule has 1 aliphatic rings. The van der Waals surface area contributed by atoms with Crippen LogP contribution in [0.1, 0.15) is 19.3 Å². The molecule has 0 aliphatic heterocycles. The third-order valence-electron chi connectivity index (χ3n) is 1.37. The van der Waals surface area contributed by atoms with Crippen molar-refractivity contribution in [1.29, 1.82) is 0 Å². The molecule has 1 heteroatoms. The van der Waals surface area contributed by atoms with Gasteiger partial charge in [0.1, 0.15) is 0 Å². The van der Waals surface area contributed by atoms with Crippen LogP contribution in [0.5, 0.6) is 0 Å². The summed E-state index contributed by atoms with van der Waals surface area (Å²) in [7, 11) is 1.99. The highest BCUT2D eigenvalue weighted by atomic mass is 14.8. The Kier molecular flexibility index (Phi) is 2.10. The summed E-state index contributed by atoms with van der Waals surface area (Å²) in [6, 6.07) is 0. The van der Waals surface area contributed by atoms with Gasteiger partial charge in [-0.2, -0.15) is 0 Å². The number of hydrogen-bond acceptors (Lipinski definition) is 1. The second kappa shape index (κ2) is 2.88. The lowest BCUT2D eigenvalue weighted by molar-refractivity contribution is 0.807. The zero-order valence-electron chi connectivity index (χ0n) is 5.41. The molecule has 1 rings (SSSR count). The van der Waals surface area contributed by atoms with E-state index in [0.717, 1.165) is 6.54 Å². The van der Waals surface area contributed by atoms with Crippen LogP contribution in [-0.2, 0) is 0 Å². The largest absolute Gasteiger partial charge is 0.319 e. The third-order valence-corrected chi connectivity index (χ3v) is 1.37. The Morgan fingerprint density at radius 1 is 1.62 bits per heavy atom. The first-order chi connectivity index (χ1) is 3.93. The van der Waals surface area contributed by atoms with E-state index < -0.39 is 0 Å². The van der Waals surface area contributed by atoms with Crippen LogP contribution in [0.15, 0.2) is 11.6 Å². The van der Waals surface area contributed by atoms with E-state index in [1.54, 1.807) is 5.57 Å². The minimum atomic E-state index is 1.13. The van der Waals surface area contributed by atoms with Crippen molar-refractivity contribution in [2.75, 3.05) is 13.6 Å². The highest BCUT2D eigenvalue weighted by molar-refractivity contribution is 5.15. The van der Waals surface area contributed by atoms with Gasteiger partial charge in [0.05, 0.1) is 0 Å². The van der Waals surface area contributed by atoms with Crippen molar-refractivity contribution in [3.05, 3.63) is 11.6 Å². The Labute approximate surface area is 50.8 Å². The van der Waals surface area contributed by atoms with E-state index in [4.69, 9.17) is 0 Å². The van der Waals surface area contributed by atoms with Gasteiger partial charge >= 0.3 is 0 Å². The van der Waals surface area contributed by atoms with E-state index in [1.807, 2.05) is 7.05 Å². The standard InChI is InChI=1S/C7H13N/c1-8-6-2-3-7-4-5-7/h3,8H,2,4-6H2,1H3. The molecule has 0 amide bonds. The Hall–Kier alpha value is -0.300. The monoisotopic (exact) mass is 111 g/mol. The van der Waals surface area contributed by atoms with Gasteiger partial charge in [0.2, 0.25) is 0 Å². The molecule has 1 N–H and O–H groups in total. The first kappa shape index (κ1) is 5.83. The Balaban J connectivity index is 1.95. The molecule has 1 saturated carbocycles. The second-order valence-electron chi connectivity index (χ2n) is 2.25. The van der Waals surface area contributed by atoms with Gasteiger partial charge in [0, 0.05) is 0 Å². The summed E-state index contributed by atoms with van der Waals surface area (Å²) in [5.41, 5.74) is 1.65. The average molecular weight is 111 g/mol. The van der Waals surface area contributed by atoms with Crippen molar-refractivity contribution < 1.29 is 0 Å². The minimum Gasteiger partial charge on any atom is -0.319 e. The number of allylic oxidation sites excluding steroid dienone is 1. The molecule has 1 aliphatic carbocycles. The maximum Gasteiger partial charge on any atom is -0.00172 e. The lowest BCUT2D eigenvalue weighted by atomic mass is 10.4. The van der Waals surface area contributed by atoms with Crippen LogP contribution in [0.3, 0.4) is 0 Å². The first-order valence-electron chi connectivity index (χ1n) is 3.26. The predicted molar refractivity (Wildman–Crippen MR) is 35.9 cm³/mol. The average Bonchev–Trinajstić information content (AvgIpc) is 2.51. The predicted octanol–water partition coefficient (Wildman–Crippen LogP) is 1.32. The van der Waals surface area contributed by atoms with Gasteiger partial charge in [0.15, 0.2) is 0 Å². The highest BCUT2D eigenvalue weighted by Gasteiger charge is 2.08. The Morgan fingerprint density at radius 3 is 2.88 bits per heavy atom. The molecule has 1 nitrogen and oxygen atoms in total. The van der Waals surface area contributed by atoms with Crippen LogP contribution >= 0.6 is 0 Å². The summed E-state index contributed by atoms with van der Waals surface area (Å²) in [5.74, 6) is 0. The normalized spacial score (nSPS) is 16.4. The van der Waals surface area contributed by atoms with E-state index in [0.29, 0.717) is 0 Å². The molecular weight excluding hydrogens is 98.1 g/mol. The van der Waals surface area contributed by atoms with E-state index in [1.165, 1.54) is 19.3 Å². The van der Waals surface area contributed by atoms with Gasteiger partial charge in [-0.25, -0.2) is 0 Å². The first-order valence-corrected chi connectivity index (χ1v) is 3.26. The van der Waals surface area contributed by atoms with Gasteiger partial charge in [-0.05, 0) is 32.9 Å². The molecule has 0 unspecified atom stereocenters. The fraction of sp³-hybridized carbons (Fsp3) is 0.714. The van der Waals surface area contributed by atoms with Crippen LogP contribution in [0, 0.1) is 0 Å². The smallest absolute Gasteiger partial charge is 0.00172 e. The van der Waals surface area contributed by atoms with Gasteiger partial charge in [-0.1, -0.05) is 11.6 Å². The maximum absolute atomic E-state index is 3.11. The number of hydrogen-bond donors (Lipinski definition) is 1. The highest BCUT2D eigenvalue weighted by Crippen LogP contribution is 2.27. The lowest BCUT2D eigenvalue weighted by Crippen LogP contribution is -2.05. The summed E-state index contributed by atoms with van der Waals surface area (Å²) in [4.78, 5) is 0. The molecule has 0 aromatic carbocycles. The summed E-state index contributed by atoms with van der Waals surface area (Å²) < 4.78 is 0. The molecule has 0 bridgehead atoms. The molecule has 0 aromatic heterocycles. The lowest BCUT2D eigenvalue weighted by Gasteiger charge is -1.88. The van der Waals surface area contributed by atoms with Crippen molar-refractivity contribution in [2.24, 2.45) is 0 Å². The van der Waals surface area contributed by atoms with Gasteiger partial charge in [-0.15, -0.1) is 0 Å². The molecule has 0 aromatic rings. The fourth-order valence-corrected chi connectivity index (χ4v) is 0.697. The van der Waals surface area contributed by atoms with Crippen molar-refractivity contribution in [3.8, 4) is 0 Å². The van der Waals surface area contributed by atoms with Crippen molar-refractivity contribution in [3.63, 3.8) is 0 Å². The van der Waals surface area contributed by atoms with Crippen molar-refractivity contribution in [1.82, 2.24) is 5.32 Å². The summed E-state index contributed by atoms with van der Waals surface area (Å²) in [6.07, 6.45) is 6.29. The quantitative estimate of drug-likeness (QED) is 0.428. The molecule has 1 fully saturated rings.